The van der Waals surface area contributed by atoms with Crippen molar-refractivity contribution >= 4 is 11.8 Å². The van der Waals surface area contributed by atoms with E-state index in [0.717, 1.165) is 25.0 Å². The van der Waals surface area contributed by atoms with E-state index in [1.807, 2.05) is 26.0 Å². The van der Waals surface area contributed by atoms with Gasteiger partial charge in [-0.1, -0.05) is 6.42 Å². The summed E-state index contributed by atoms with van der Waals surface area (Å²) in [6.07, 6.45) is 3.49. The maximum atomic E-state index is 12.0. The molecule has 0 bridgehead atoms. The molecule has 0 aliphatic carbocycles. The van der Waals surface area contributed by atoms with Gasteiger partial charge in [-0.25, -0.2) is 0 Å². The predicted molar refractivity (Wildman–Crippen MR) is 86.3 cm³/mol. The summed E-state index contributed by atoms with van der Waals surface area (Å²) in [5, 5.41) is 0. The molecule has 1 rings (SSSR count). The Morgan fingerprint density at radius 2 is 1.64 bits per heavy atom. The topological polar surface area (TPSA) is 52.6 Å². The molecule has 0 unspecified atom stereocenters. The Bertz CT molecular complexity index is 462. The van der Waals surface area contributed by atoms with Crippen LogP contribution in [0, 0.1) is 0 Å². The fourth-order valence-corrected chi connectivity index (χ4v) is 2.10. The largest absolute Gasteiger partial charge is 0.491 e. The van der Waals surface area contributed by atoms with E-state index < -0.39 is 0 Å². The lowest BCUT2D eigenvalue weighted by Gasteiger charge is -2.09. The van der Waals surface area contributed by atoms with Crippen LogP contribution in [0.1, 0.15) is 63.2 Å². The number of ether oxygens (including phenoxy) is 2. The van der Waals surface area contributed by atoms with Crippen molar-refractivity contribution < 1.29 is 19.1 Å². The number of esters is 1. The highest BCUT2D eigenvalue weighted by Crippen LogP contribution is 2.16. The monoisotopic (exact) mass is 306 g/mol. The van der Waals surface area contributed by atoms with Gasteiger partial charge in [0.25, 0.3) is 0 Å². The Balaban J connectivity index is 2.26. The van der Waals surface area contributed by atoms with Crippen LogP contribution >= 0.6 is 0 Å². The van der Waals surface area contributed by atoms with Crippen molar-refractivity contribution in [1.82, 2.24) is 0 Å². The van der Waals surface area contributed by atoms with Gasteiger partial charge in [0.1, 0.15) is 5.75 Å². The van der Waals surface area contributed by atoms with Crippen LogP contribution in [-0.4, -0.2) is 24.5 Å². The molecule has 0 heterocycles. The van der Waals surface area contributed by atoms with Crippen LogP contribution < -0.4 is 4.74 Å². The number of benzene rings is 1. The quantitative estimate of drug-likeness (QED) is 0.370. The fraction of sp³-hybridized carbons (Fsp3) is 0.556. The van der Waals surface area contributed by atoms with Crippen LogP contribution in [0.15, 0.2) is 24.3 Å². The molecule has 0 aliphatic heterocycles. The Kier molecular flexibility index (Phi) is 8.26. The standard InChI is InChI=1S/C18H26O4/c1-4-21-18(20)9-7-5-6-8-17(19)15-10-12-16(13-11-15)22-14(2)3/h10-14H,4-9H2,1-3H3. The molecule has 22 heavy (non-hydrogen) atoms. The molecule has 0 spiro atoms. The minimum Gasteiger partial charge on any atom is -0.491 e. The van der Waals surface area contributed by atoms with Gasteiger partial charge in [0.2, 0.25) is 0 Å². The third-order valence-electron chi connectivity index (χ3n) is 3.14. The molecule has 1 aromatic carbocycles. The Labute approximate surface area is 132 Å². The van der Waals surface area contributed by atoms with E-state index in [1.54, 1.807) is 19.1 Å². The summed E-state index contributed by atoms with van der Waals surface area (Å²) in [7, 11) is 0. The first-order valence-corrected chi connectivity index (χ1v) is 7.98. The maximum absolute atomic E-state index is 12.0. The number of unbranched alkanes of at least 4 members (excludes halogenated alkanes) is 2. The molecule has 1 aromatic rings. The highest BCUT2D eigenvalue weighted by atomic mass is 16.5. The minimum absolute atomic E-state index is 0.126. The lowest BCUT2D eigenvalue weighted by molar-refractivity contribution is -0.143. The predicted octanol–water partition coefficient (Wildman–Crippen LogP) is 4.17. The van der Waals surface area contributed by atoms with Gasteiger partial charge in [0.15, 0.2) is 5.78 Å². The van der Waals surface area contributed by atoms with Gasteiger partial charge in [-0.05, 0) is 57.9 Å². The average molecular weight is 306 g/mol. The summed E-state index contributed by atoms with van der Waals surface area (Å²) in [6, 6.07) is 7.26. The van der Waals surface area contributed by atoms with E-state index in [0.29, 0.717) is 25.0 Å². The second-order valence-electron chi connectivity index (χ2n) is 5.48. The molecule has 0 radical (unpaired) electrons. The van der Waals surface area contributed by atoms with E-state index in [9.17, 15) is 9.59 Å². The van der Waals surface area contributed by atoms with Crippen molar-refractivity contribution in [2.45, 2.75) is 59.0 Å². The molecule has 0 aliphatic rings. The minimum atomic E-state index is -0.158. The van der Waals surface area contributed by atoms with Crippen LogP contribution in [0.3, 0.4) is 0 Å². The van der Waals surface area contributed by atoms with Gasteiger partial charge < -0.3 is 9.47 Å². The maximum Gasteiger partial charge on any atom is 0.305 e. The molecule has 122 valence electrons. The van der Waals surface area contributed by atoms with Crippen LogP contribution in [0.2, 0.25) is 0 Å². The van der Waals surface area contributed by atoms with E-state index in [4.69, 9.17) is 9.47 Å². The first kappa shape index (κ1) is 18.2. The number of carbonyl (C=O) groups is 2. The third-order valence-corrected chi connectivity index (χ3v) is 3.14. The number of carbonyl (C=O) groups excluding carboxylic acids is 2. The van der Waals surface area contributed by atoms with Gasteiger partial charge in [-0.2, -0.15) is 0 Å². The number of Topliss-reactive ketones (excluding diaryl/α,β-unsaturated/α-hetero) is 1. The first-order valence-electron chi connectivity index (χ1n) is 7.98. The van der Waals surface area contributed by atoms with Gasteiger partial charge in [0, 0.05) is 18.4 Å². The summed E-state index contributed by atoms with van der Waals surface area (Å²) < 4.78 is 10.4. The average Bonchev–Trinajstić information content (AvgIpc) is 2.47. The normalized spacial score (nSPS) is 10.5. The molecular formula is C18H26O4. The molecule has 0 amide bonds. The highest BCUT2D eigenvalue weighted by molar-refractivity contribution is 5.96. The summed E-state index contributed by atoms with van der Waals surface area (Å²) in [6.45, 7) is 6.16. The molecule has 4 heteroatoms. The van der Waals surface area contributed by atoms with Crippen LogP contribution in [0.5, 0.6) is 5.75 Å². The second-order valence-corrected chi connectivity index (χ2v) is 5.48. The van der Waals surface area contributed by atoms with Gasteiger partial charge in [-0.3, -0.25) is 9.59 Å². The third kappa shape index (κ3) is 7.25. The SMILES string of the molecule is CCOC(=O)CCCCCC(=O)c1ccc(OC(C)C)cc1. The highest BCUT2D eigenvalue weighted by Gasteiger charge is 2.07. The summed E-state index contributed by atoms with van der Waals surface area (Å²) in [4.78, 5) is 23.2. The molecule has 0 saturated heterocycles. The number of hydrogen-bond donors (Lipinski definition) is 0. The number of rotatable bonds is 10. The summed E-state index contributed by atoms with van der Waals surface area (Å²) in [5.74, 6) is 0.753. The number of ketones is 1. The Hall–Kier alpha value is -1.84. The van der Waals surface area contributed by atoms with Crippen LogP contribution in [0.25, 0.3) is 0 Å². The first-order chi connectivity index (χ1) is 10.5. The molecule has 0 saturated carbocycles. The summed E-state index contributed by atoms with van der Waals surface area (Å²) in [5.41, 5.74) is 0.710. The Morgan fingerprint density at radius 1 is 1.00 bits per heavy atom. The van der Waals surface area contributed by atoms with Crippen molar-refractivity contribution in [2.75, 3.05) is 6.61 Å². The van der Waals surface area contributed by atoms with E-state index >= 15 is 0 Å². The molecule has 4 nitrogen and oxygen atoms in total. The zero-order valence-electron chi connectivity index (χ0n) is 13.8. The van der Waals surface area contributed by atoms with Gasteiger partial charge in [-0.15, -0.1) is 0 Å². The molecule has 0 atom stereocenters. The molecular weight excluding hydrogens is 280 g/mol. The molecule has 0 N–H and O–H groups in total. The smallest absolute Gasteiger partial charge is 0.305 e. The van der Waals surface area contributed by atoms with E-state index in [2.05, 4.69) is 0 Å². The van der Waals surface area contributed by atoms with Gasteiger partial charge in [0.05, 0.1) is 12.7 Å². The summed E-state index contributed by atoms with van der Waals surface area (Å²) >= 11 is 0. The molecule has 0 aromatic heterocycles. The zero-order valence-corrected chi connectivity index (χ0v) is 13.8. The second kappa shape index (κ2) is 9.98. The van der Waals surface area contributed by atoms with Crippen LogP contribution in [-0.2, 0) is 9.53 Å². The van der Waals surface area contributed by atoms with Crippen molar-refractivity contribution in [2.24, 2.45) is 0 Å². The van der Waals surface area contributed by atoms with Crippen LogP contribution in [0.4, 0.5) is 0 Å². The molecule has 0 fully saturated rings. The lowest BCUT2D eigenvalue weighted by Crippen LogP contribution is -2.06. The number of hydrogen-bond acceptors (Lipinski definition) is 4. The zero-order chi connectivity index (χ0) is 16.4. The lowest BCUT2D eigenvalue weighted by atomic mass is 10.0. The van der Waals surface area contributed by atoms with Crippen molar-refractivity contribution in [1.29, 1.82) is 0 Å². The van der Waals surface area contributed by atoms with Crippen molar-refractivity contribution in [3.8, 4) is 5.75 Å². The fourth-order valence-electron chi connectivity index (χ4n) is 2.10. The van der Waals surface area contributed by atoms with E-state index in [1.165, 1.54) is 0 Å². The Morgan fingerprint density at radius 3 is 2.23 bits per heavy atom. The van der Waals surface area contributed by atoms with Crippen molar-refractivity contribution in [3.05, 3.63) is 29.8 Å². The van der Waals surface area contributed by atoms with Crippen molar-refractivity contribution in [3.63, 3.8) is 0 Å². The van der Waals surface area contributed by atoms with Gasteiger partial charge >= 0.3 is 5.97 Å². The van der Waals surface area contributed by atoms with E-state index in [-0.39, 0.29) is 17.9 Å².